The molecule has 1 aliphatic carbocycles. The van der Waals surface area contributed by atoms with Crippen molar-refractivity contribution in [1.29, 1.82) is 0 Å². The normalized spacial score (nSPS) is 24.6. The van der Waals surface area contributed by atoms with Gasteiger partial charge in [0.15, 0.2) is 5.79 Å². The second-order valence-corrected chi connectivity index (χ2v) is 6.67. The van der Waals surface area contributed by atoms with Crippen LogP contribution in [0.25, 0.3) is 0 Å². The number of alkyl carbamates (subject to hydrolysis) is 1. The van der Waals surface area contributed by atoms with Gasteiger partial charge in [0.05, 0.1) is 25.4 Å². The van der Waals surface area contributed by atoms with Crippen LogP contribution in [0.5, 0.6) is 0 Å². The van der Waals surface area contributed by atoms with Gasteiger partial charge in [-0.25, -0.2) is 4.79 Å². The van der Waals surface area contributed by atoms with E-state index in [4.69, 9.17) is 14.2 Å². The molecule has 6 nitrogen and oxygen atoms in total. The molecule has 0 atom stereocenters. The van der Waals surface area contributed by atoms with Crippen LogP contribution in [0.4, 0.5) is 4.79 Å². The summed E-state index contributed by atoms with van der Waals surface area (Å²) in [7, 11) is 0. The van der Waals surface area contributed by atoms with E-state index in [9.17, 15) is 9.90 Å². The molecule has 116 valence electrons. The molecule has 0 unspecified atom stereocenters. The van der Waals surface area contributed by atoms with Gasteiger partial charge >= 0.3 is 6.09 Å². The maximum absolute atomic E-state index is 11.9. The van der Waals surface area contributed by atoms with Gasteiger partial charge in [0, 0.05) is 12.8 Å². The van der Waals surface area contributed by atoms with Crippen LogP contribution < -0.4 is 5.32 Å². The number of aliphatic hydroxyl groups excluding tert-OH is 1. The van der Waals surface area contributed by atoms with Crippen LogP contribution in [0.3, 0.4) is 0 Å². The van der Waals surface area contributed by atoms with Gasteiger partial charge in [-0.2, -0.15) is 0 Å². The van der Waals surface area contributed by atoms with E-state index in [2.05, 4.69) is 5.32 Å². The van der Waals surface area contributed by atoms with Crippen molar-refractivity contribution in [2.45, 2.75) is 63.4 Å². The predicted molar refractivity (Wildman–Crippen MR) is 72.3 cm³/mol. The number of aliphatic hydroxyl groups is 1. The number of carbonyl (C=O) groups is 1. The minimum absolute atomic E-state index is 0.109. The van der Waals surface area contributed by atoms with E-state index in [0.29, 0.717) is 38.9 Å². The second kappa shape index (κ2) is 5.50. The smallest absolute Gasteiger partial charge is 0.408 e. The molecular weight excluding hydrogens is 262 g/mol. The third-order valence-corrected chi connectivity index (χ3v) is 3.85. The third kappa shape index (κ3) is 3.62. The zero-order chi connectivity index (χ0) is 14.9. The molecule has 0 bridgehead atoms. The number of ether oxygens (including phenoxy) is 3. The molecule has 2 fully saturated rings. The zero-order valence-electron chi connectivity index (χ0n) is 12.5. The molecule has 2 N–H and O–H groups in total. The molecule has 0 radical (unpaired) electrons. The van der Waals surface area contributed by atoms with Gasteiger partial charge in [-0.15, -0.1) is 0 Å². The molecule has 1 saturated heterocycles. The molecule has 2 aliphatic rings. The molecule has 2 rings (SSSR count). The highest BCUT2D eigenvalue weighted by Crippen LogP contribution is 2.40. The Morgan fingerprint density at radius 3 is 2.20 bits per heavy atom. The van der Waals surface area contributed by atoms with Crippen LogP contribution in [0, 0.1) is 0 Å². The van der Waals surface area contributed by atoms with Crippen molar-refractivity contribution in [2.75, 3.05) is 19.8 Å². The molecule has 1 spiro atoms. The molecule has 1 saturated carbocycles. The van der Waals surface area contributed by atoms with Gasteiger partial charge < -0.3 is 24.6 Å². The van der Waals surface area contributed by atoms with Crippen molar-refractivity contribution >= 4 is 6.09 Å². The van der Waals surface area contributed by atoms with Crippen molar-refractivity contribution in [3.8, 4) is 0 Å². The van der Waals surface area contributed by atoms with E-state index < -0.39 is 23.0 Å². The fraction of sp³-hybridized carbons (Fsp3) is 0.929. The first-order chi connectivity index (χ1) is 9.28. The zero-order valence-corrected chi connectivity index (χ0v) is 12.5. The van der Waals surface area contributed by atoms with Crippen LogP contribution in [-0.4, -0.2) is 47.9 Å². The quantitative estimate of drug-likeness (QED) is 0.806. The highest BCUT2D eigenvalue weighted by molar-refractivity contribution is 5.68. The SMILES string of the molecule is CC(C)(C)OC(=O)NC1(CO)CCC2(CC1)OCCO2. The molecule has 0 aromatic carbocycles. The predicted octanol–water partition coefficient (Wildman–Crippen LogP) is 1.56. The fourth-order valence-corrected chi connectivity index (χ4v) is 2.74. The van der Waals surface area contributed by atoms with Crippen LogP contribution >= 0.6 is 0 Å². The van der Waals surface area contributed by atoms with E-state index >= 15 is 0 Å². The molecule has 1 amide bonds. The molecule has 1 aliphatic heterocycles. The summed E-state index contributed by atoms with van der Waals surface area (Å²) in [4.78, 5) is 11.9. The lowest BCUT2D eigenvalue weighted by Crippen LogP contribution is -2.57. The van der Waals surface area contributed by atoms with Crippen molar-refractivity contribution in [3.05, 3.63) is 0 Å². The van der Waals surface area contributed by atoms with Crippen LogP contribution in [0.15, 0.2) is 0 Å². The third-order valence-electron chi connectivity index (χ3n) is 3.85. The van der Waals surface area contributed by atoms with E-state index in [1.807, 2.05) is 20.8 Å². The second-order valence-electron chi connectivity index (χ2n) is 6.67. The van der Waals surface area contributed by atoms with Gasteiger partial charge in [0.1, 0.15) is 5.60 Å². The first-order valence-electron chi connectivity index (χ1n) is 7.18. The average Bonchev–Trinajstić information content (AvgIpc) is 2.79. The van der Waals surface area contributed by atoms with Crippen molar-refractivity contribution in [1.82, 2.24) is 5.32 Å². The van der Waals surface area contributed by atoms with Gasteiger partial charge in [0.25, 0.3) is 0 Å². The lowest BCUT2D eigenvalue weighted by atomic mass is 9.79. The fourth-order valence-electron chi connectivity index (χ4n) is 2.74. The van der Waals surface area contributed by atoms with Crippen LogP contribution in [-0.2, 0) is 14.2 Å². The number of hydrogen-bond donors (Lipinski definition) is 2. The van der Waals surface area contributed by atoms with Crippen LogP contribution in [0.2, 0.25) is 0 Å². The van der Waals surface area contributed by atoms with Crippen LogP contribution in [0.1, 0.15) is 46.5 Å². The Hall–Kier alpha value is -0.850. The first kappa shape index (κ1) is 15.5. The minimum atomic E-state index is -0.636. The summed E-state index contributed by atoms with van der Waals surface area (Å²) in [6.45, 7) is 6.57. The summed E-state index contributed by atoms with van der Waals surface area (Å²) in [5.41, 5.74) is -1.18. The van der Waals surface area contributed by atoms with E-state index in [1.165, 1.54) is 0 Å². The molecular formula is C14H25NO5. The molecule has 0 aromatic heterocycles. The Morgan fingerprint density at radius 2 is 1.75 bits per heavy atom. The van der Waals surface area contributed by atoms with Crippen molar-refractivity contribution in [3.63, 3.8) is 0 Å². The Morgan fingerprint density at radius 1 is 1.20 bits per heavy atom. The van der Waals surface area contributed by atoms with E-state index in [0.717, 1.165) is 0 Å². The first-order valence-corrected chi connectivity index (χ1v) is 7.18. The number of carbonyl (C=O) groups excluding carboxylic acids is 1. The lowest BCUT2D eigenvalue weighted by molar-refractivity contribution is -0.188. The molecule has 1 heterocycles. The van der Waals surface area contributed by atoms with Gasteiger partial charge in [-0.05, 0) is 33.6 Å². The minimum Gasteiger partial charge on any atom is -0.444 e. The molecule has 0 aromatic rings. The lowest BCUT2D eigenvalue weighted by Gasteiger charge is -2.43. The standard InChI is InChI=1S/C14H25NO5/c1-12(2,3)20-11(17)15-13(10-16)4-6-14(7-5-13)18-8-9-19-14/h16H,4-10H2,1-3H3,(H,15,17). The Balaban J connectivity index is 1.93. The highest BCUT2D eigenvalue weighted by Gasteiger charge is 2.47. The summed E-state index contributed by atoms with van der Waals surface area (Å²) in [5, 5.41) is 12.5. The maximum atomic E-state index is 11.9. The Kier molecular flexibility index (Phi) is 4.27. The highest BCUT2D eigenvalue weighted by atomic mass is 16.7. The number of nitrogens with one attached hydrogen (secondary N) is 1. The summed E-state index contributed by atoms with van der Waals surface area (Å²) in [6, 6.07) is 0. The summed E-state index contributed by atoms with van der Waals surface area (Å²) in [6.07, 6.45) is 2.08. The van der Waals surface area contributed by atoms with E-state index in [1.54, 1.807) is 0 Å². The maximum Gasteiger partial charge on any atom is 0.408 e. The van der Waals surface area contributed by atoms with Gasteiger partial charge in [0.2, 0.25) is 0 Å². The average molecular weight is 287 g/mol. The molecule has 6 heteroatoms. The van der Waals surface area contributed by atoms with Crippen molar-refractivity contribution in [2.24, 2.45) is 0 Å². The Labute approximate surface area is 119 Å². The topological polar surface area (TPSA) is 77.0 Å². The summed E-state index contributed by atoms with van der Waals surface area (Å²) < 4.78 is 16.6. The summed E-state index contributed by atoms with van der Waals surface area (Å²) in [5.74, 6) is -0.506. The number of hydrogen-bond acceptors (Lipinski definition) is 5. The largest absolute Gasteiger partial charge is 0.444 e. The van der Waals surface area contributed by atoms with Gasteiger partial charge in [-0.1, -0.05) is 0 Å². The van der Waals surface area contributed by atoms with E-state index in [-0.39, 0.29) is 6.61 Å². The van der Waals surface area contributed by atoms with Gasteiger partial charge in [-0.3, -0.25) is 0 Å². The molecule has 20 heavy (non-hydrogen) atoms. The van der Waals surface area contributed by atoms with Crippen molar-refractivity contribution < 1.29 is 24.1 Å². The Bertz CT molecular complexity index is 347. The number of rotatable bonds is 2. The monoisotopic (exact) mass is 287 g/mol. The number of amides is 1. The summed E-state index contributed by atoms with van der Waals surface area (Å²) >= 11 is 0.